The highest BCUT2D eigenvalue weighted by Crippen LogP contribution is 2.56. The molecule has 3 heteroatoms. The first kappa shape index (κ1) is 39.0. The van der Waals surface area contributed by atoms with Crippen molar-refractivity contribution in [1.29, 1.82) is 0 Å². The lowest BCUT2D eigenvalue weighted by atomic mass is 9.84. The summed E-state index contributed by atoms with van der Waals surface area (Å²) >= 11 is 1.89. The van der Waals surface area contributed by atoms with E-state index in [4.69, 9.17) is 0 Å². The molecule has 1 aliphatic rings. The summed E-state index contributed by atoms with van der Waals surface area (Å²) in [6.45, 7) is 0. The second kappa shape index (κ2) is 16.3. The van der Waals surface area contributed by atoms with Crippen molar-refractivity contribution in [2.45, 2.75) is 9.79 Å². The summed E-state index contributed by atoms with van der Waals surface area (Å²) in [4.78, 5) is 7.33. The van der Waals surface area contributed by atoms with E-state index < -0.39 is 0 Å². The number of hydrogen-bond acceptors (Lipinski definition) is 3. The number of anilines is 6. The van der Waals surface area contributed by atoms with E-state index in [-0.39, 0.29) is 0 Å². The zero-order valence-corrected chi connectivity index (χ0v) is 37.4. The lowest BCUT2D eigenvalue weighted by Crippen LogP contribution is -2.10. The molecule has 1 aliphatic heterocycles. The van der Waals surface area contributed by atoms with Gasteiger partial charge < -0.3 is 9.80 Å². The van der Waals surface area contributed by atoms with Gasteiger partial charge in [0.25, 0.3) is 0 Å². The van der Waals surface area contributed by atoms with E-state index in [2.05, 4.69) is 265 Å². The van der Waals surface area contributed by atoms with Gasteiger partial charge in [0.2, 0.25) is 0 Å². The summed E-state index contributed by atoms with van der Waals surface area (Å²) in [6.07, 6.45) is 0. The van der Waals surface area contributed by atoms with Crippen LogP contribution in [-0.2, 0) is 0 Å². The SMILES string of the molecule is c1ccc(-c2c3c4c(cccc4c4cc(N(c5ccccc5)c5cccc6ccccc56)ccc24)Sc2cc(-c4ccc(N(c5ccccc5)c5ccccc5)c5ccccc45)ccc2-3)cc1. The maximum absolute atomic E-state index is 2.43. The second-order valence-corrected chi connectivity index (χ2v) is 18.3. The maximum Gasteiger partial charge on any atom is 0.0540 e. The fourth-order valence-electron chi connectivity index (χ4n) is 10.5. The van der Waals surface area contributed by atoms with E-state index >= 15 is 0 Å². The van der Waals surface area contributed by atoms with Gasteiger partial charge in [0.15, 0.2) is 0 Å². The van der Waals surface area contributed by atoms with Crippen molar-refractivity contribution in [3.05, 3.63) is 255 Å². The summed E-state index contributed by atoms with van der Waals surface area (Å²) in [5.74, 6) is 0. The zero-order chi connectivity index (χ0) is 44.3. The van der Waals surface area contributed by atoms with Crippen molar-refractivity contribution >= 4 is 89.0 Å². The van der Waals surface area contributed by atoms with Gasteiger partial charge in [0.1, 0.15) is 0 Å². The van der Waals surface area contributed by atoms with Crippen molar-refractivity contribution < 1.29 is 0 Å². The summed E-state index contributed by atoms with van der Waals surface area (Å²) in [5.41, 5.74) is 14.3. The molecule has 12 aromatic carbocycles. The predicted molar refractivity (Wildman–Crippen MR) is 286 cm³/mol. The van der Waals surface area contributed by atoms with Crippen molar-refractivity contribution in [2.24, 2.45) is 0 Å². The van der Waals surface area contributed by atoms with Crippen LogP contribution in [0.4, 0.5) is 34.1 Å². The Hall–Kier alpha value is -8.37. The van der Waals surface area contributed by atoms with E-state index in [1.54, 1.807) is 0 Å². The molecule has 2 nitrogen and oxygen atoms in total. The topological polar surface area (TPSA) is 6.48 Å². The van der Waals surface area contributed by atoms with Gasteiger partial charge in [-0.1, -0.05) is 194 Å². The number of rotatable bonds is 8. The largest absolute Gasteiger partial charge is 0.310 e. The molecule has 12 aromatic rings. The summed E-state index contributed by atoms with van der Waals surface area (Å²) in [6, 6.07) is 93.1. The Bertz CT molecular complexity index is 3790. The second-order valence-electron chi connectivity index (χ2n) is 17.2. The first-order valence-electron chi connectivity index (χ1n) is 22.9. The van der Waals surface area contributed by atoms with Gasteiger partial charge in [-0.3, -0.25) is 0 Å². The third kappa shape index (κ3) is 6.58. The Morgan fingerprint density at radius 1 is 0.269 bits per heavy atom. The molecule has 0 saturated heterocycles. The van der Waals surface area contributed by atoms with Crippen molar-refractivity contribution in [2.75, 3.05) is 9.80 Å². The molecule has 314 valence electrons. The van der Waals surface area contributed by atoms with Gasteiger partial charge >= 0.3 is 0 Å². The highest BCUT2D eigenvalue weighted by atomic mass is 32.2. The van der Waals surface area contributed by atoms with E-state index in [1.807, 2.05) is 11.8 Å². The van der Waals surface area contributed by atoms with Gasteiger partial charge in [-0.25, -0.2) is 0 Å². The number of hydrogen-bond donors (Lipinski definition) is 0. The molecule has 0 aromatic heterocycles. The first-order chi connectivity index (χ1) is 33.3. The lowest BCUT2D eigenvalue weighted by Gasteiger charge is -2.29. The quantitative estimate of drug-likeness (QED) is 0.141. The molecule has 1 heterocycles. The maximum atomic E-state index is 2.43. The molecule has 0 bridgehead atoms. The third-order valence-corrected chi connectivity index (χ3v) is 14.5. The fourth-order valence-corrected chi connectivity index (χ4v) is 11.6. The number of nitrogens with zero attached hydrogens (tertiary/aromatic N) is 2. The van der Waals surface area contributed by atoms with Crippen molar-refractivity contribution in [3.63, 3.8) is 0 Å². The normalized spacial score (nSPS) is 11.8. The first-order valence-corrected chi connectivity index (χ1v) is 23.7. The number of fused-ring (bicyclic) bond motifs is 6. The molecule has 0 atom stereocenters. The Labute approximate surface area is 394 Å². The Balaban J connectivity index is 1.00. The smallest absolute Gasteiger partial charge is 0.0540 e. The Morgan fingerprint density at radius 3 is 1.54 bits per heavy atom. The van der Waals surface area contributed by atoms with Crippen LogP contribution in [0.3, 0.4) is 0 Å². The molecule has 67 heavy (non-hydrogen) atoms. The molecule has 13 rings (SSSR count). The van der Waals surface area contributed by atoms with E-state index in [0.29, 0.717) is 0 Å². The van der Waals surface area contributed by atoms with Crippen molar-refractivity contribution in [1.82, 2.24) is 0 Å². The molecule has 0 amide bonds. The van der Waals surface area contributed by atoms with E-state index in [9.17, 15) is 0 Å². The van der Waals surface area contributed by atoms with Gasteiger partial charge in [-0.05, 0) is 128 Å². The molecule has 0 unspecified atom stereocenters. The fraction of sp³-hybridized carbons (Fsp3) is 0. The molecule has 0 saturated carbocycles. The minimum Gasteiger partial charge on any atom is -0.310 e. The van der Waals surface area contributed by atoms with Crippen LogP contribution in [0, 0.1) is 0 Å². The standard InChI is InChI=1S/C64H42N2S/c1-5-20-44(21-6-1)62-55-38-36-49(66(48-27-11-4-12-28-48)58-33-17-22-43-19-13-14-29-51(43)58)42-57(55)54-32-18-34-60-63(54)64(62)56-37-35-45(41-61(56)67-60)50-39-40-59(53-31-16-15-30-52(50)53)65(46-23-7-2-8-24-46)47-25-9-3-10-26-47/h1-42H. The van der Waals surface area contributed by atoms with Crippen LogP contribution in [0.25, 0.3) is 76.5 Å². The van der Waals surface area contributed by atoms with Crippen LogP contribution < -0.4 is 9.80 Å². The van der Waals surface area contributed by atoms with Gasteiger partial charge in [-0.15, -0.1) is 0 Å². The monoisotopic (exact) mass is 870 g/mol. The number of benzene rings is 12. The van der Waals surface area contributed by atoms with Crippen LogP contribution >= 0.6 is 11.8 Å². The van der Waals surface area contributed by atoms with Crippen LogP contribution in [0.1, 0.15) is 0 Å². The zero-order valence-electron chi connectivity index (χ0n) is 36.6. The summed E-state index contributed by atoms with van der Waals surface area (Å²) < 4.78 is 0. The van der Waals surface area contributed by atoms with Crippen molar-refractivity contribution in [3.8, 4) is 33.4 Å². The summed E-state index contributed by atoms with van der Waals surface area (Å²) in [7, 11) is 0. The van der Waals surface area contributed by atoms with Crippen LogP contribution in [0.2, 0.25) is 0 Å². The molecule has 0 spiro atoms. The Morgan fingerprint density at radius 2 is 0.821 bits per heavy atom. The molecule has 0 fully saturated rings. The van der Waals surface area contributed by atoms with Gasteiger partial charge in [0, 0.05) is 54.3 Å². The van der Waals surface area contributed by atoms with Crippen LogP contribution in [0.15, 0.2) is 265 Å². The molecule has 0 radical (unpaired) electrons. The lowest BCUT2D eigenvalue weighted by molar-refractivity contribution is 1.30. The minimum absolute atomic E-state index is 1.12. The van der Waals surface area contributed by atoms with Gasteiger partial charge in [0.05, 0.1) is 11.4 Å². The molecule has 0 N–H and O–H groups in total. The van der Waals surface area contributed by atoms with E-state index in [0.717, 1.165) is 34.1 Å². The molecular formula is C64H42N2S. The van der Waals surface area contributed by atoms with E-state index in [1.165, 1.54) is 86.3 Å². The Kier molecular flexibility index (Phi) is 9.47. The highest BCUT2D eigenvalue weighted by molar-refractivity contribution is 7.99. The summed E-state index contributed by atoms with van der Waals surface area (Å²) in [5, 5.41) is 9.92. The van der Waals surface area contributed by atoms with Crippen LogP contribution in [0.5, 0.6) is 0 Å². The number of para-hydroxylation sites is 3. The minimum atomic E-state index is 1.12. The average molecular weight is 871 g/mol. The third-order valence-electron chi connectivity index (χ3n) is 13.4. The average Bonchev–Trinajstić information content (AvgIpc) is 3.40. The molecule has 0 aliphatic carbocycles. The van der Waals surface area contributed by atoms with Crippen LogP contribution in [-0.4, -0.2) is 0 Å². The van der Waals surface area contributed by atoms with Gasteiger partial charge in [-0.2, -0.15) is 0 Å². The molecular weight excluding hydrogens is 829 g/mol. The predicted octanol–water partition coefficient (Wildman–Crippen LogP) is 18.7. The highest BCUT2D eigenvalue weighted by Gasteiger charge is 2.27.